The van der Waals surface area contributed by atoms with Crippen LogP contribution in [-0.2, 0) is 18.8 Å². The molecule has 0 aromatic carbocycles. The van der Waals surface area contributed by atoms with Crippen molar-refractivity contribution in [3.8, 4) is 5.82 Å². The van der Waals surface area contributed by atoms with Gasteiger partial charge < -0.3 is 9.73 Å². The second-order valence-electron chi connectivity index (χ2n) is 4.84. The number of hydrogen-bond donors (Lipinski definition) is 1. The minimum atomic E-state index is 0.696. The maximum atomic E-state index is 5.75. The largest absolute Gasteiger partial charge is 0.464 e. The van der Waals surface area contributed by atoms with E-state index < -0.39 is 0 Å². The van der Waals surface area contributed by atoms with Crippen LogP contribution in [-0.4, -0.2) is 21.0 Å². The van der Waals surface area contributed by atoms with Crippen LogP contribution in [0.5, 0.6) is 0 Å². The molecule has 0 aliphatic rings. The van der Waals surface area contributed by atoms with E-state index >= 15 is 0 Å². The molecule has 0 fully saturated rings. The molecule has 0 atom stereocenters. The van der Waals surface area contributed by atoms with Gasteiger partial charge in [0, 0.05) is 30.7 Å². The molecule has 3 aromatic rings. The Balaban J connectivity index is 1.62. The van der Waals surface area contributed by atoms with E-state index in [9.17, 15) is 0 Å². The van der Waals surface area contributed by atoms with Crippen molar-refractivity contribution < 1.29 is 4.42 Å². The Morgan fingerprint density at radius 3 is 2.86 bits per heavy atom. The van der Waals surface area contributed by atoms with Crippen LogP contribution in [0, 0.1) is 0 Å². The molecule has 5 nitrogen and oxygen atoms in total. The predicted molar refractivity (Wildman–Crippen MR) is 87.8 cm³/mol. The van der Waals surface area contributed by atoms with Crippen LogP contribution in [0.25, 0.3) is 5.82 Å². The minimum absolute atomic E-state index is 0.696. The van der Waals surface area contributed by atoms with Gasteiger partial charge in [0.05, 0.1) is 12.3 Å². The van der Waals surface area contributed by atoms with Gasteiger partial charge >= 0.3 is 0 Å². The lowest BCUT2D eigenvalue weighted by molar-refractivity contribution is 0.459. The fourth-order valence-corrected chi connectivity index (χ4v) is 2.67. The van der Waals surface area contributed by atoms with Crippen LogP contribution in [0.3, 0.4) is 0 Å². The summed E-state index contributed by atoms with van der Waals surface area (Å²) in [6.07, 6.45) is 7.50. The van der Waals surface area contributed by atoms with E-state index in [1.54, 1.807) is 28.8 Å². The number of aromatic nitrogens is 3. The van der Waals surface area contributed by atoms with Gasteiger partial charge in [0.15, 0.2) is 5.82 Å². The van der Waals surface area contributed by atoms with Crippen LogP contribution < -0.4 is 5.32 Å². The van der Waals surface area contributed by atoms with Crippen molar-refractivity contribution >= 4 is 11.8 Å². The van der Waals surface area contributed by atoms with Crippen LogP contribution in [0.2, 0.25) is 0 Å². The molecule has 3 rings (SSSR count). The number of nitrogens with one attached hydrogen (secondary N) is 1. The molecule has 1 N–H and O–H groups in total. The molecule has 0 unspecified atom stereocenters. The average Bonchev–Trinajstić information content (AvgIpc) is 3.20. The fourth-order valence-electron chi connectivity index (χ4n) is 2.23. The van der Waals surface area contributed by atoms with Gasteiger partial charge in [0.2, 0.25) is 0 Å². The van der Waals surface area contributed by atoms with Crippen molar-refractivity contribution in [2.24, 2.45) is 0 Å². The number of pyridine rings is 1. The van der Waals surface area contributed by atoms with Gasteiger partial charge in [0.25, 0.3) is 0 Å². The molecule has 3 aromatic heterocycles. The summed E-state index contributed by atoms with van der Waals surface area (Å²) in [4.78, 5) is 4.41. The summed E-state index contributed by atoms with van der Waals surface area (Å²) >= 11 is 1.76. The molecule has 22 heavy (non-hydrogen) atoms. The first kappa shape index (κ1) is 14.9. The summed E-state index contributed by atoms with van der Waals surface area (Å²) < 4.78 is 7.53. The van der Waals surface area contributed by atoms with Crippen LogP contribution >= 0.6 is 11.8 Å². The monoisotopic (exact) mass is 314 g/mol. The Morgan fingerprint density at radius 2 is 2.05 bits per heavy atom. The highest BCUT2D eigenvalue weighted by molar-refractivity contribution is 7.97. The third-order valence-electron chi connectivity index (χ3n) is 3.21. The molecule has 0 bridgehead atoms. The van der Waals surface area contributed by atoms with E-state index in [1.165, 1.54) is 0 Å². The van der Waals surface area contributed by atoms with Crippen LogP contribution in [0.15, 0.2) is 53.3 Å². The van der Waals surface area contributed by atoms with Crippen molar-refractivity contribution in [1.29, 1.82) is 0 Å². The Bertz CT molecular complexity index is 709. The smallest absolute Gasteiger partial charge is 0.157 e. The zero-order valence-electron chi connectivity index (χ0n) is 12.4. The van der Waals surface area contributed by atoms with E-state index in [0.717, 1.165) is 28.7 Å². The van der Waals surface area contributed by atoms with E-state index in [0.29, 0.717) is 13.1 Å². The molecule has 114 valence electrons. The molecule has 6 heteroatoms. The SMILES string of the molecule is CSCc1ccc(CNCc2cccnc2-n2cccn2)o1. The summed E-state index contributed by atoms with van der Waals surface area (Å²) in [5.41, 5.74) is 1.10. The molecule has 0 amide bonds. The first-order valence-corrected chi connectivity index (χ1v) is 8.47. The first-order chi connectivity index (χ1) is 10.9. The zero-order valence-corrected chi connectivity index (χ0v) is 13.2. The summed E-state index contributed by atoms with van der Waals surface area (Å²) in [5, 5.41) is 7.64. The Hall–Kier alpha value is -2.05. The molecule has 0 spiro atoms. The normalized spacial score (nSPS) is 11.0. The molecular weight excluding hydrogens is 296 g/mol. The Labute approximate surface area is 133 Å². The second-order valence-corrected chi connectivity index (χ2v) is 5.71. The summed E-state index contributed by atoms with van der Waals surface area (Å²) in [6, 6.07) is 9.94. The number of rotatable bonds is 7. The molecule has 0 saturated heterocycles. The standard InChI is InChI=1S/C16H18N4OS/c1-22-12-15-6-5-14(21-15)11-17-10-13-4-2-7-18-16(13)20-9-3-8-19-20/h2-9,17H,10-12H2,1H3. The third kappa shape index (κ3) is 3.58. The van der Waals surface area contributed by atoms with Crippen molar-refractivity contribution in [3.05, 3.63) is 66.0 Å². The lowest BCUT2D eigenvalue weighted by Crippen LogP contribution is -2.15. The Morgan fingerprint density at radius 1 is 1.14 bits per heavy atom. The maximum absolute atomic E-state index is 5.75. The van der Waals surface area contributed by atoms with Gasteiger partial charge in [-0.25, -0.2) is 9.67 Å². The summed E-state index contributed by atoms with van der Waals surface area (Å²) in [5.74, 6) is 3.73. The second kappa shape index (κ2) is 7.29. The lowest BCUT2D eigenvalue weighted by Gasteiger charge is -2.08. The van der Waals surface area contributed by atoms with E-state index in [4.69, 9.17) is 4.42 Å². The fraction of sp³-hybridized carbons (Fsp3) is 0.250. The molecular formula is C16H18N4OS. The number of furan rings is 1. The number of nitrogens with zero attached hydrogens (tertiary/aromatic N) is 3. The van der Waals surface area contributed by atoms with Gasteiger partial charge in [-0.15, -0.1) is 0 Å². The van der Waals surface area contributed by atoms with Crippen molar-refractivity contribution in [2.75, 3.05) is 6.26 Å². The van der Waals surface area contributed by atoms with E-state index in [2.05, 4.69) is 27.7 Å². The van der Waals surface area contributed by atoms with Gasteiger partial charge in [-0.1, -0.05) is 6.07 Å². The zero-order chi connectivity index (χ0) is 15.2. The minimum Gasteiger partial charge on any atom is -0.464 e. The topological polar surface area (TPSA) is 55.9 Å². The van der Waals surface area contributed by atoms with Gasteiger partial charge in [-0.05, 0) is 30.5 Å². The number of thioether (sulfide) groups is 1. The van der Waals surface area contributed by atoms with Crippen LogP contribution in [0.1, 0.15) is 17.1 Å². The lowest BCUT2D eigenvalue weighted by atomic mass is 10.2. The highest BCUT2D eigenvalue weighted by Crippen LogP contribution is 2.14. The van der Waals surface area contributed by atoms with Gasteiger partial charge in [-0.2, -0.15) is 16.9 Å². The molecule has 0 aliphatic heterocycles. The van der Waals surface area contributed by atoms with Crippen LogP contribution in [0.4, 0.5) is 0 Å². The van der Waals surface area contributed by atoms with Crippen molar-refractivity contribution in [2.45, 2.75) is 18.8 Å². The molecule has 0 saturated carbocycles. The molecule has 3 heterocycles. The summed E-state index contributed by atoms with van der Waals surface area (Å²) in [7, 11) is 0. The van der Waals surface area contributed by atoms with E-state index in [1.807, 2.05) is 30.5 Å². The highest BCUT2D eigenvalue weighted by atomic mass is 32.2. The van der Waals surface area contributed by atoms with Crippen molar-refractivity contribution in [3.63, 3.8) is 0 Å². The number of hydrogen-bond acceptors (Lipinski definition) is 5. The third-order valence-corrected chi connectivity index (χ3v) is 3.78. The highest BCUT2D eigenvalue weighted by Gasteiger charge is 2.06. The van der Waals surface area contributed by atoms with Crippen molar-refractivity contribution in [1.82, 2.24) is 20.1 Å². The van der Waals surface area contributed by atoms with Gasteiger partial charge in [-0.3, -0.25) is 0 Å². The van der Waals surface area contributed by atoms with Gasteiger partial charge in [0.1, 0.15) is 11.5 Å². The quantitative estimate of drug-likeness (QED) is 0.726. The predicted octanol–water partition coefficient (Wildman–Crippen LogP) is 3.01. The molecule has 0 radical (unpaired) electrons. The van der Waals surface area contributed by atoms with E-state index in [-0.39, 0.29) is 0 Å². The maximum Gasteiger partial charge on any atom is 0.157 e. The summed E-state index contributed by atoms with van der Waals surface area (Å²) in [6.45, 7) is 1.41. The molecule has 0 aliphatic carbocycles. The Kier molecular flexibility index (Phi) is 4.92. The average molecular weight is 314 g/mol. The first-order valence-electron chi connectivity index (χ1n) is 7.08.